The lowest BCUT2D eigenvalue weighted by Gasteiger charge is -2.41. The van der Waals surface area contributed by atoms with Crippen molar-refractivity contribution in [1.29, 1.82) is 5.26 Å². The standard InChI is InChI=1S/C20H24F2N4O2/c1-12-4-8-26(12)19-15(10-23)17-14(3-6-20(17,21)22)18(24-19)25-7-5-13(11-25)9-16(27)28-2/h12-13H,3-9,11H2,1-2H3. The van der Waals surface area contributed by atoms with Crippen molar-refractivity contribution in [2.24, 2.45) is 5.92 Å². The molecule has 0 bridgehead atoms. The highest BCUT2D eigenvalue weighted by atomic mass is 19.3. The van der Waals surface area contributed by atoms with E-state index in [0.717, 1.165) is 19.4 Å². The molecule has 4 rings (SSSR count). The highest BCUT2D eigenvalue weighted by molar-refractivity contribution is 5.71. The van der Waals surface area contributed by atoms with Crippen LogP contribution in [0.1, 0.15) is 49.3 Å². The zero-order valence-electron chi connectivity index (χ0n) is 16.2. The lowest BCUT2D eigenvalue weighted by atomic mass is 9.99. The van der Waals surface area contributed by atoms with Gasteiger partial charge in [-0.2, -0.15) is 5.26 Å². The first-order valence-electron chi connectivity index (χ1n) is 9.79. The van der Waals surface area contributed by atoms with E-state index in [1.165, 1.54) is 7.11 Å². The minimum Gasteiger partial charge on any atom is -0.469 e. The van der Waals surface area contributed by atoms with Gasteiger partial charge in [-0.05, 0) is 32.1 Å². The largest absolute Gasteiger partial charge is 0.469 e. The number of alkyl halides is 2. The second-order valence-corrected chi connectivity index (χ2v) is 8.02. The number of pyridine rings is 1. The second-order valence-electron chi connectivity index (χ2n) is 8.02. The maximum atomic E-state index is 14.7. The molecule has 1 aromatic rings. The van der Waals surface area contributed by atoms with Crippen molar-refractivity contribution in [2.75, 3.05) is 36.5 Å². The fourth-order valence-electron chi connectivity index (χ4n) is 4.56. The van der Waals surface area contributed by atoms with E-state index >= 15 is 0 Å². The third-order valence-corrected chi connectivity index (χ3v) is 6.28. The highest BCUT2D eigenvalue weighted by Crippen LogP contribution is 2.49. The van der Waals surface area contributed by atoms with Gasteiger partial charge in [0.2, 0.25) is 0 Å². The molecule has 1 aliphatic carbocycles. The predicted molar refractivity (Wildman–Crippen MR) is 99.5 cm³/mol. The molecule has 2 atom stereocenters. The monoisotopic (exact) mass is 390 g/mol. The molecule has 8 heteroatoms. The van der Waals surface area contributed by atoms with E-state index in [1.807, 2.05) is 22.8 Å². The van der Waals surface area contributed by atoms with Crippen LogP contribution in [0.5, 0.6) is 0 Å². The number of nitrogens with zero attached hydrogens (tertiary/aromatic N) is 4. The molecular weight excluding hydrogens is 366 g/mol. The Bertz CT molecular complexity index is 852. The summed E-state index contributed by atoms with van der Waals surface area (Å²) in [7, 11) is 1.37. The van der Waals surface area contributed by atoms with Crippen molar-refractivity contribution in [2.45, 2.75) is 51.0 Å². The van der Waals surface area contributed by atoms with Crippen LogP contribution in [-0.2, 0) is 21.9 Å². The number of anilines is 2. The van der Waals surface area contributed by atoms with Gasteiger partial charge in [-0.1, -0.05) is 0 Å². The number of aromatic nitrogens is 1. The van der Waals surface area contributed by atoms with Crippen LogP contribution in [0.4, 0.5) is 20.4 Å². The van der Waals surface area contributed by atoms with Crippen LogP contribution in [0.3, 0.4) is 0 Å². The molecule has 0 saturated carbocycles. The Morgan fingerprint density at radius 2 is 2.14 bits per heavy atom. The Hall–Kier alpha value is -2.43. The van der Waals surface area contributed by atoms with Gasteiger partial charge in [0.1, 0.15) is 23.3 Å². The van der Waals surface area contributed by atoms with Gasteiger partial charge in [-0.3, -0.25) is 4.79 Å². The Labute approximate surface area is 163 Å². The number of hydrogen-bond donors (Lipinski definition) is 0. The van der Waals surface area contributed by atoms with Crippen LogP contribution < -0.4 is 9.80 Å². The van der Waals surface area contributed by atoms with Crippen molar-refractivity contribution in [1.82, 2.24) is 4.98 Å². The average molecular weight is 390 g/mol. The zero-order chi connectivity index (χ0) is 20.1. The van der Waals surface area contributed by atoms with Crippen molar-refractivity contribution >= 4 is 17.6 Å². The predicted octanol–water partition coefficient (Wildman–Crippen LogP) is 2.98. The van der Waals surface area contributed by atoms with E-state index < -0.39 is 5.92 Å². The minimum absolute atomic E-state index is 0.0260. The highest BCUT2D eigenvalue weighted by Gasteiger charge is 2.46. The van der Waals surface area contributed by atoms with Crippen molar-refractivity contribution in [3.63, 3.8) is 0 Å². The van der Waals surface area contributed by atoms with Crippen LogP contribution in [0, 0.1) is 17.2 Å². The van der Waals surface area contributed by atoms with Crippen molar-refractivity contribution < 1.29 is 18.3 Å². The van der Waals surface area contributed by atoms with E-state index in [4.69, 9.17) is 9.72 Å². The number of carbonyl (C=O) groups is 1. The van der Waals surface area contributed by atoms with Crippen molar-refractivity contribution in [3.8, 4) is 6.07 Å². The van der Waals surface area contributed by atoms with Gasteiger partial charge >= 0.3 is 5.97 Å². The molecule has 150 valence electrons. The zero-order valence-corrected chi connectivity index (χ0v) is 16.2. The summed E-state index contributed by atoms with van der Waals surface area (Å²) in [6.07, 6.45) is 1.99. The van der Waals surface area contributed by atoms with E-state index in [1.54, 1.807) is 0 Å². The van der Waals surface area contributed by atoms with Gasteiger partial charge in [-0.25, -0.2) is 13.8 Å². The molecule has 0 spiro atoms. The van der Waals surface area contributed by atoms with Crippen LogP contribution in [-0.4, -0.2) is 43.7 Å². The van der Waals surface area contributed by atoms with Gasteiger partial charge in [0.05, 0.1) is 13.5 Å². The quantitative estimate of drug-likeness (QED) is 0.737. The Balaban J connectivity index is 1.74. The summed E-state index contributed by atoms with van der Waals surface area (Å²) >= 11 is 0. The van der Waals surface area contributed by atoms with E-state index in [-0.39, 0.29) is 41.9 Å². The molecule has 0 aromatic carbocycles. The first-order chi connectivity index (χ1) is 13.4. The summed E-state index contributed by atoms with van der Waals surface area (Å²) < 4.78 is 34.2. The molecule has 0 N–H and O–H groups in total. The molecule has 3 heterocycles. The molecule has 6 nitrogen and oxygen atoms in total. The molecule has 2 fully saturated rings. The second kappa shape index (κ2) is 6.87. The van der Waals surface area contributed by atoms with E-state index in [0.29, 0.717) is 36.7 Å². The molecule has 1 aromatic heterocycles. The molecule has 28 heavy (non-hydrogen) atoms. The fourth-order valence-corrected chi connectivity index (χ4v) is 4.56. The number of rotatable bonds is 4. The minimum atomic E-state index is -3.01. The number of halogens is 2. The molecular formula is C20H24F2N4O2. The van der Waals surface area contributed by atoms with Gasteiger partial charge in [-0.15, -0.1) is 0 Å². The van der Waals surface area contributed by atoms with Gasteiger partial charge in [0.25, 0.3) is 5.92 Å². The molecule has 0 radical (unpaired) electrons. The summed E-state index contributed by atoms with van der Waals surface area (Å²) in [5.74, 6) is -2.20. The number of esters is 1. The van der Waals surface area contributed by atoms with Crippen LogP contribution in [0.15, 0.2) is 0 Å². The first-order valence-corrected chi connectivity index (χ1v) is 9.79. The Morgan fingerprint density at radius 3 is 2.75 bits per heavy atom. The van der Waals surface area contributed by atoms with Gasteiger partial charge in [0.15, 0.2) is 0 Å². The average Bonchev–Trinajstić information content (AvgIpc) is 3.24. The number of hydrogen-bond acceptors (Lipinski definition) is 6. The summed E-state index contributed by atoms with van der Waals surface area (Å²) in [6.45, 7) is 3.98. The van der Waals surface area contributed by atoms with Gasteiger partial charge in [0, 0.05) is 43.2 Å². The number of methoxy groups -OCH3 is 1. The molecule has 3 aliphatic rings. The third-order valence-electron chi connectivity index (χ3n) is 6.28. The molecule has 2 aliphatic heterocycles. The number of fused-ring (bicyclic) bond motifs is 1. The van der Waals surface area contributed by atoms with Crippen molar-refractivity contribution in [3.05, 3.63) is 16.7 Å². The maximum absolute atomic E-state index is 14.7. The Morgan fingerprint density at radius 1 is 1.36 bits per heavy atom. The molecule has 2 unspecified atom stereocenters. The maximum Gasteiger partial charge on any atom is 0.305 e. The number of nitriles is 1. The first kappa shape index (κ1) is 18.9. The lowest BCUT2D eigenvalue weighted by Crippen LogP contribution is -2.47. The fraction of sp³-hybridized carbons (Fsp3) is 0.650. The third kappa shape index (κ3) is 2.97. The van der Waals surface area contributed by atoms with Crippen LogP contribution in [0.2, 0.25) is 0 Å². The summed E-state index contributed by atoms with van der Waals surface area (Å²) in [5, 5.41) is 9.68. The number of carbonyl (C=O) groups excluding carboxylic acids is 1. The van der Waals surface area contributed by atoms with Crippen LogP contribution in [0.25, 0.3) is 0 Å². The number of ether oxygens (including phenoxy) is 1. The van der Waals surface area contributed by atoms with Gasteiger partial charge < -0.3 is 14.5 Å². The Kier molecular flexibility index (Phi) is 4.64. The lowest BCUT2D eigenvalue weighted by molar-refractivity contribution is -0.141. The SMILES string of the molecule is COC(=O)CC1CCN(c2nc(N3CCC3C)c(C#N)c3c2CCC3(F)F)C1. The summed E-state index contributed by atoms with van der Waals surface area (Å²) in [6, 6.07) is 2.20. The van der Waals surface area contributed by atoms with E-state index in [2.05, 4.69) is 0 Å². The topological polar surface area (TPSA) is 69.5 Å². The molecule has 2 saturated heterocycles. The normalized spacial score (nSPS) is 25.2. The summed E-state index contributed by atoms with van der Waals surface area (Å²) in [5.41, 5.74) is 0.390. The summed E-state index contributed by atoms with van der Waals surface area (Å²) in [4.78, 5) is 20.3. The molecule has 0 amide bonds. The van der Waals surface area contributed by atoms with E-state index in [9.17, 15) is 18.8 Å². The van der Waals surface area contributed by atoms with Crippen LogP contribution >= 0.6 is 0 Å². The smallest absolute Gasteiger partial charge is 0.305 e.